The summed E-state index contributed by atoms with van der Waals surface area (Å²) in [6.07, 6.45) is 7.56. The molecule has 0 bridgehead atoms. The molecule has 0 saturated carbocycles. The van der Waals surface area contributed by atoms with Gasteiger partial charge in [-0.1, -0.05) is 12.6 Å². The zero-order valence-corrected chi connectivity index (χ0v) is 15.4. The van der Waals surface area contributed by atoms with Crippen LogP contribution in [0, 0.1) is 0 Å². The molecular weight excluding hydrogens is 336 g/mol. The van der Waals surface area contributed by atoms with E-state index in [0.29, 0.717) is 24.7 Å². The fourth-order valence-electron chi connectivity index (χ4n) is 2.13. The van der Waals surface area contributed by atoms with Gasteiger partial charge in [0.05, 0.1) is 27.4 Å². The quantitative estimate of drug-likeness (QED) is 0.322. The average Bonchev–Trinajstić information content (AvgIpc) is 2.67. The van der Waals surface area contributed by atoms with Gasteiger partial charge in [0.1, 0.15) is 0 Å². The first kappa shape index (κ1) is 21.3. The molecule has 0 radical (unpaired) electrons. The van der Waals surface area contributed by atoms with Crippen LogP contribution in [0.25, 0.3) is 6.08 Å². The molecule has 0 aliphatic heterocycles. The highest BCUT2D eigenvalue weighted by Gasteiger charge is 2.03. The Morgan fingerprint density at radius 2 is 1.54 bits per heavy atom. The molecule has 0 saturated heterocycles. The first-order valence-electron chi connectivity index (χ1n) is 8.46. The van der Waals surface area contributed by atoms with Gasteiger partial charge in [0, 0.05) is 12.2 Å². The molecule has 1 aromatic carbocycles. The van der Waals surface area contributed by atoms with E-state index < -0.39 is 5.97 Å². The maximum Gasteiger partial charge on any atom is 0.330 e. The van der Waals surface area contributed by atoms with E-state index >= 15 is 0 Å². The minimum absolute atomic E-state index is 0.363. The first-order chi connectivity index (χ1) is 12.6. The van der Waals surface area contributed by atoms with Crippen molar-refractivity contribution in [2.75, 3.05) is 27.4 Å². The van der Waals surface area contributed by atoms with Crippen molar-refractivity contribution in [3.8, 4) is 11.5 Å². The standard InChI is InChI=1S/C20H26O6/c1-4-19(21)25-13-7-5-6-8-14-26-20(22)12-10-16-9-11-17(23-2)18(15-16)24-3/h4,9-12,15H,1,5-8,13-14H2,2-3H3/b12-10+. The van der Waals surface area contributed by atoms with E-state index in [2.05, 4.69) is 6.58 Å². The van der Waals surface area contributed by atoms with E-state index in [1.165, 1.54) is 6.08 Å². The zero-order valence-electron chi connectivity index (χ0n) is 15.4. The SMILES string of the molecule is C=CC(=O)OCCCCCCOC(=O)/C=C/c1ccc(OC)c(OC)c1. The summed E-state index contributed by atoms with van der Waals surface area (Å²) in [6.45, 7) is 4.08. The topological polar surface area (TPSA) is 71.1 Å². The van der Waals surface area contributed by atoms with Gasteiger partial charge < -0.3 is 18.9 Å². The number of esters is 2. The summed E-state index contributed by atoms with van der Waals surface area (Å²) < 4.78 is 20.4. The molecule has 1 aromatic rings. The maximum absolute atomic E-state index is 11.7. The highest BCUT2D eigenvalue weighted by Crippen LogP contribution is 2.27. The average molecular weight is 362 g/mol. The van der Waals surface area contributed by atoms with E-state index in [-0.39, 0.29) is 5.97 Å². The molecule has 0 aromatic heterocycles. The monoisotopic (exact) mass is 362 g/mol. The Kier molecular flexibility index (Phi) is 10.3. The summed E-state index contributed by atoms with van der Waals surface area (Å²) in [5.41, 5.74) is 0.814. The van der Waals surface area contributed by atoms with Crippen molar-refractivity contribution in [3.63, 3.8) is 0 Å². The van der Waals surface area contributed by atoms with Crippen molar-refractivity contribution < 1.29 is 28.5 Å². The van der Waals surface area contributed by atoms with E-state index in [1.807, 2.05) is 6.07 Å². The number of hydrogen-bond acceptors (Lipinski definition) is 6. The van der Waals surface area contributed by atoms with Crippen LogP contribution in [0.4, 0.5) is 0 Å². The Labute approximate surface area is 154 Å². The zero-order chi connectivity index (χ0) is 19.2. The van der Waals surface area contributed by atoms with E-state index in [9.17, 15) is 9.59 Å². The lowest BCUT2D eigenvalue weighted by Crippen LogP contribution is -2.03. The van der Waals surface area contributed by atoms with Crippen LogP contribution >= 0.6 is 0 Å². The van der Waals surface area contributed by atoms with Crippen molar-refractivity contribution in [1.29, 1.82) is 0 Å². The van der Waals surface area contributed by atoms with Gasteiger partial charge in [-0.2, -0.15) is 0 Å². The fraction of sp³-hybridized carbons (Fsp3) is 0.400. The molecule has 142 valence electrons. The largest absolute Gasteiger partial charge is 0.493 e. The van der Waals surface area contributed by atoms with Gasteiger partial charge >= 0.3 is 11.9 Å². The van der Waals surface area contributed by atoms with Crippen LogP contribution in [-0.4, -0.2) is 39.4 Å². The number of carbonyl (C=O) groups is 2. The van der Waals surface area contributed by atoms with Crippen LogP contribution in [-0.2, 0) is 19.1 Å². The Morgan fingerprint density at radius 3 is 2.12 bits per heavy atom. The molecule has 0 N–H and O–H groups in total. The molecule has 0 unspecified atom stereocenters. The van der Waals surface area contributed by atoms with Crippen molar-refractivity contribution >= 4 is 18.0 Å². The minimum Gasteiger partial charge on any atom is -0.493 e. The Hall–Kier alpha value is -2.76. The van der Waals surface area contributed by atoms with Gasteiger partial charge in [0.25, 0.3) is 0 Å². The third kappa shape index (κ3) is 8.37. The van der Waals surface area contributed by atoms with Gasteiger partial charge in [0.15, 0.2) is 11.5 Å². The fourth-order valence-corrected chi connectivity index (χ4v) is 2.13. The Bertz CT molecular complexity index is 621. The summed E-state index contributed by atoms with van der Waals surface area (Å²) in [5.74, 6) is 0.438. The number of hydrogen-bond donors (Lipinski definition) is 0. The molecule has 0 fully saturated rings. The molecule has 0 aliphatic carbocycles. The van der Waals surface area contributed by atoms with E-state index in [1.54, 1.807) is 32.4 Å². The highest BCUT2D eigenvalue weighted by molar-refractivity contribution is 5.87. The molecule has 26 heavy (non-hydrogen) atoms. The summed E-state index contributed by atoms with van der Waals surface area (Å²) in [7, 11) is 3.13. The van der Waals surface area contributed by atoms with Gasteiger partial charge in [-0.05, 0) is 49.5 Å². The summed E-state index contributed by atoms with van der Waals surface area (Å²) in [6, 6.07) is 5.38. The number of methoxy groups -OCH3 is 2. The lowest BCUT2D eigenvalue weighted by Gasteiger charge is -2.07. The Balaban J connectivity index is 2.21. The third-order valence-corrected chi connectivity index (χ3v) is 3.51. The second-order valence-corrected chi connectivity index (χ2v) is 5.40. The van der Waals surface area contributed by atoms with Crippen LogP contribution in [0.5, 0.6) is 11.5 Å². The lowest BCUT2D eigenvalue weighted by molar-refractivity contribution is -0.139. The van der Waals surface area contributed by atoms with Crippen LogP contribution in [0.1, 0.15) is 31.2 Å². The molecule has 1 rings (SSSR count). The number of benzene rings is 1. The lowest BCUT2D eigenvalue weighted by atomic mass is 10.2. The van der Waals surface area contributed by atoms with Crippen LogP contribution < -0.4 is 9.47 Å². The first-order valence-corrected chi connectivity index (χ1v) is 8.46. The molecule has 0 atom stereocenters. The second kappa shape index (κ2) is 12.6. The normalized spacial score (nSPS) is 10.4. The van der Waals surface area contributed by atoms with E-state index in [4.69, 9.17) is 18.9 Å². The molecular formula is C20H26O6. The highest BCUT2D eigenvalue weighted by atomic mass is 16.5. The van der Waals surface area contributed by atoms with E-state index in [0.717, 1.165) is 37.3 Å². The number of carbonyl (C=O) groups excluding carboxylic acids is 2. The minimum atomic E-state index is -0.403. The predicted molar refractivity (Wildman–Crippen MR) is 99.2 cm³/mol. The molecule has 0 heterocycles. The molecule has 0 aliphatic rings. The smallest absolute Gasteiger partial charge is 0.330 e. The number of ether oxygens (including phenoxy) is 4. The van der Waals surface area contributed by atoms with Gasteiger partial charge in [-0.25, -0.2) is 9.59 Å². The van der Waals surface area contributed by atoms with Crippen LogP contribution in [0.3, 0.4) is 0 Å². The van der Waals surface area contributed by atoms with Crippen LogP contribution in [0.2, 0.25) is 0 Å². The Morgan fingerprint density at radius 1 is 0.923 bits per heavy atom. The summed E-state index contributed by atoms with van der Waals surface area (Å²) >= 11 is 0. The van der Waals surface area contributed by atoms with Gasteiger partial charge in [-0.3, -0.25) is 0 Å². The van der Waals surface area contributed by atoms with Crippen molar-refractivity contribution in [2.24, 2.45) is 0 Å². The van der Waals surface area contributed by atoms with Crippen molar-refractivity contribution in [2.45, 2.75) is 25.7 Å². The number of rotatable bonds is 12. The number of unbranched alkanes of at least 4 members (excludes halogenated alkanes) is 3. The van der Waals surface area contributed by atoms with Gasteiger partial charge in [-0.15, -0.1) is 0 Å². The molecule has 0 amide bonds. The van der Waals surface area contributed by atoms with Gasteiger partial charge in [0.2, 0.25) is 0 Å². The third-order valence-electron chi connectivity index (χ3n) is 3.51. The molecule has 6 heteroatoms. The molecule has 0 spiro atoms. The predicted octanol–water partition coefficient (Wildman–Crippen LogP) is 3.55. The summed E-state index contributed by atoms with van der Waals surface area (Å²) in [4.78, 5) is 22.5. The summed E-state index contributed by atoms with van der Waals surface area (Å²) in [5, 5.41) is 0. The van der Waals surface area contributed by atoms with Crippen molar-refractivity contribution in [3.05, 3.63) is 42.5 Å². The maximum atomic E-state index is 11.7. The van der Waals surface area contributed by atoms with Crippen molar-refractivity contribution in [1.82, 2.24) is 0 Å². The molecule has 6 nitrogen and oxygen atoms in total. The second-order valence-electron chi connectivity index (χ2n) is 5.40. The van der Waals surface area contributed by atoms with Crippen LogP contribution in [0.15, 0.2) is 36.9 Å².